The Morgan fingerprint density at radius 2 is 2.12 bits per heavy atom. The third kappa shape index (κ3) is 5.09. The molecule has 1 aromatic carbocycles. The Labute approximate surface area is 107 Å². The number of benzene rings is 1. The minimum absolute atomic E-state index is 0.0750. The largest absolute Gasteiger partial charge is 0.491 e. The summed E-state index contributed by atoms with van der Waals surface area (Å²) in [4.78, 5) is 11.8. The third-order valence-corrected chi connectivity index (χ3v) is 2.17. The van der Waals surface area contributed by atoms with Crippen LogP contribution in [0.5, 0.6) is 5.75 Å². The van der Waals surface area contributed by atoms with Crippen molar-refractivity contribution in [2.24, 2.45) is 0 Å². The van der Waals surface area contributed by atoms with Gasteiger partial charge in [-0.05, 0) is 39.0 Å². The quantitative estimate of drug-likeness (QED) is 0.822. The van der Waals surface area contributed by atoms with Gasteiger partial charge in [-0.15, -0.1) is 11.6 Å². The van der Waals surface area contributed by atoms with Gasteiger partial charge in [0.1, 0.15) is 5.75 Å². The van der Waals surface area contributed by atoms with Crippen LogP contribution >= 0.6 is 11.6 Å². The fraction of sp³-hybridized carbons (Fsp3) is 0.462. The molecular formula is C13H18ClNO2. The molecule has 0 radical (unpaired) electrons. The molecular weight excluding hydrogens is 238 g/mol. The van der Waals surface area contributed by atoms with Crippen LogP contribution in [0, 0.1) is 0 Å². The molecule has 0 aliphatic carbocycles. The Hall–Kier alpha value is -1.22. The molecule has 4 heteroatoms. The van der Waals surface area contributed by atoms with Gasteiger partial charge in [0.25, 0.3) is 5.91 Å². The topological polar surface area (TPSA) is 38.3 Å². The highest BCUT2D eigenvalue weighted by molar-refractivity contribution is 6.20. The van der Waals surface area contributed by atoms with E-state index in [2.05, 4.69) is 5.32 Å². The van der Waals surface area contributed by atoms with Crippen LogP contribution < -0.4 is 10.1 Å². The Balaban J connectivity index is 2.67. The number of amides is 1. The molecule has 1 rings (SSSR count). The smallest absolute Gasteiger partial charge is 0.251 e. The molecule has 0 spiro atoms. The van der Waals surface area contributed by atoms with Crippen LogP contribution in [-0.4, -0.2) is 23.9 Å². The fourth-order valence-electron chi connectivity index (χ4n) is 1.32. The van der Waals surface area contributed by atoms with E-state index in [1.54, 1.807) is 18.2 Å². The molecule has 0 heterocycles. The van der Waals surface area contributed by atoms with Crippen molar-refractivity contribution in [1.82, 2.24) is 5.32 Å². The summed E-state index contributed by atoms with van der Waals surface area (Å²) in [6.45, 7) is 6.18. The molecule has 1 amide bonds. The van der Waals surface area contributed by atoms with Gasteiger partial charge in [-0.1, -0.05) is 6.07 Å². The molecule has 0 bridgehead atoms. The highest BCUT2D eigenvalue weighted by Gasteiger charge is 2.08. The van der Waals surface area contributed by atoms with Crippen molar-refractivity contribution in [3.05, 3.63) is 29.8 Å². The molecule has 0 aliphatic heterocycles. The number of halogens is 1. The molecule has 94 valence electrons. The Morgan fingerprint density at radius 3 is 2.71 bits per heavy atom. The monoisotopic (exact) mass is 255 g/mol. The molecule has 0 saturated heterocycles. The normalized spacial score (nSPS) is 12.3. The minimum atomic E-state index is -0.133. The number of carbonyl (C=O) groups is 1. The first-order chi connectivity index (χ1) is 7.99. The van der Waals surface area contributed by atoms with Crippen molar-refractivity contribution in [3.8, 4) is 5.75 Å². The van der Waals surface area contributed by atoms with Crippen LogP contribution in [0.3, 0.4) is 0 Å². The van der Waals surface area contributed by atoms with E-state index >= 15 is 0 Å². The highest BCUT2D eigenvalue weighted by atomic mass is 35.5. The van der Waals surface area contributed by atoms with Gasteiger partial charge in [-0.25, -0.2) is 0 Å². The van der Waals surface area contributed by atoms with E-state index < -0.39 is 0 Å². The number of carbonyl (C=O) groups excluding carboxylic acids is 1. The molecule has 0 aliphatic rings. The SMILES string of the molecule is CC(Cl)CNC(=O)c1cccc(OC(C)C)c1. The first-order valence-electron chi connectivity index (χ1n) is 5.68. The highest BCUT2D eigenvalue weighted by Crippen LogP contribution is 2.14. The van der Waals surface area contributed by atoms with Crippen molar-refractivity contribution in [2.45, 2.75) is 32.3 Å². The van der Waals surface area contributed by atoms with Gasteiger partial charge in [0.05, 0.1) is 6.10 Å². The Morgan fingerprint density at radius 1 is 1.41 bits per heavy atom. The van der Waals surface area contributed by atoms with E-state index in [1.165, 1.54) is 0 Å². The van der Waals surface area contributed by atoms with E-state index in [9.17, 15) is 4.79 Å². The first-order valence-corrected chi connectivity index (χ1v) is 6.11. The second-order valence-electron chi connectivity index (χ2n) is 4.19. The average Bonchev–Trinajstić information content (AvgIpc) is 2.25. The van der Waals surface area contributed by atoms with Crippen molar-refractivity contribution in [1.29, 1.82) is 0 Å². The summed E-state index contributed by atoms with van der Waals surface area (Å²) in [5.74, 6) is 0.568. The summed E-state index contributed by atoms with van der Waals surface area (Å²) in [6, 6.07) is 7.12. The summed E-state index contributed by atoms with van der Waals surface area (Å²) in [7, 11) is 0. The molecule has 0 saturated carbocycles. The van der Waals surface area contributed by atoms with Crippen LogP contribution in [0.2, 0.25) is 0 Å². The van der Waals surface area contributed by atoms with E-state index in [1.807, 2.05) is 26.8 Å². The van der Waals surface area contributed by atoms with Crippen molar-refractivity contribution in [3.63, 3.8) is 0 Å². The van der Waals surface area contributed by atoms with Crippen LogP contribution in [0.25, 0.3) is 0 Å². The van der Waals surface area contributed by atoms with E-state index in [-0.39, 0.29) is 17.4 Å². The fourth-order valence-corrected chi connectivity index (χ4v) is 1.40. The van der Waals surface area contributed by atoms with Gasteiger partial charge in [0.2, 0.25) is 0 Å². The Bertz CT molecular complexity index is 377. The molecule has 1 N–H and O–H groups in total. The van der Waals surface area contributed by atoms with Crippen LogP contribution in [0.4, 0.5) is 0 Å². The van der Waals surface area contributed by atoms with Gasteiger partial charge in [-0.2, -0.15) is 0 Å². The van der Waals surface area contributed by atoms with Gasteiger partial charge in [0.15, 0.2) is 0 Å². The summed E-state index contributed by atoms with van der Waals surface area (Å²) >= 11 is 5.77. The number of nitrogens with one attached hydrogen (secondary N) is 1. The lowest BCUT2D eigenvalue weighted by Crippen LogP contribution is -2.28. The molecule has 1 aromatic rings. The number of alkyl halides is 1. The molecule has 17 heavy (non-hydrogen) atoms. The zero-order chi connectivity index (χ0) is 12.8. The maximum absolute atomic E-state index is 11.8. The van der Waals surface area contributed by atoms with Gasteiger partial charge >= 0.3 is 0 Å². The zero-order valence-electron chi connectivity index (χ0n) is 10.4. The lowest BCUT2D eigenvalue weighted by Gasteiger charge is -2.11. The molecule has 3 nitrogen and oxygen atoms in total. The van der Waals surface area contributed by atoms with Crippen molar-refractivity contribution in [2.75, 3.05) is 6.54 Å². The average molecular weight is 256 g/mol. The number of rotatable bonds is 5. The lowest BCUT2D eigenvalue weighted by atomic mass is 10.2. The zero-order valence-corrected chi connectivity index (χ0v) is 11.1. The predicted octanol–water partition coefficient (Wildman–Crippen LogP) is 2.83. The lowest BCUT2D eigenvalue weighted by molar-refractivity contribution is 0.0953. The first kappa shape index (κ1) is 13.8. The van der Waals surface area contributed by atoms with E-state index in [4.69, 9.17) is 16.3 Å². The van der Waals surface area contributed by atoms with Crippen LogP contribution in [0.15, 0.2) is 24.3 Å². The predicted molar refractivity (Wildman–Crippen MR) is 69.9 cm³/mol. The summed E-state index contributed by atoms with van der Waals surface area (Å²) < 4.78 is 5.52. The third-order valence-electron chi connectivity index (χ3n) is 2.01. The molecule has 1 atom stereocenters. The number of hydrogen-bond donors (Lipinski definition) is 1. The summed E-state index contributed by atoms with van der Waals surface area (Å²) in [6.07, 6.45) is 0.0937. The summed E-state index contributed by atoms with van der Waals surface area (Å²) in [5.41, 5.74) is 0.584. The summed E-state index contributed by atoms with van der Waals surface area (Å²) in [5, 5.41) is 2.68. The maximum Gasteiger partial charge on any atom is 0.251 e. The van der Waals surface area contributed by atoms with E-state index in [0.717, 1.165) is 0 Å². The van der Waals surface area contributed by atoms with Gasteiger partial charge in [-0.3, -0.25) is 4.79 Å². The van der Waals surface area contributed by atoms with E-state index in [0.29, 0.717) is 17.9 Å². The minimum Gasteiger partial charge on any atom is -0.491 e. The Kier molecular flexibility index (Phi) is 5.29. The molecule has 0 aromatic heterocycles. The van der Waals surface area contributed by atoms with Crippen molar-refractivity contribution >= 4 is 17.5 Å². The van der Waals surface area contributed by atoms with Crippen LogP contribution in [0.1, 0.15) is 31.1 Å². The number of ether oxygens (including phenoxy) is 1. The molecule has 1 unspecified atom stereocenters. The van der Waals surface area contributed by atoms with Crippen molar-refractivity contribution < 1.29 is 9.53 Å². The van der Waals surface area contributed by atoms with Gasteiger partial charge < -0.3 is 10.1 Å². The second kappa shape index (κ2) is 6.50. The standard InChI is InChI=1S/C13H18ClNO2/c1-9(2)17-12-6-4-5-11(7-12)13(16)15-8-10(3)14/h4-7,9-10H,8H2,1-3H3,(H,15,16). The second-order valence-corrected chi connectivity index (χ2v) is 4.93. The number of hydrogen-bond acceptors (Lipinski definition) is 2. The maximum atomic E-state index is 11.8. The van der Waals surface area contributed by atoms with Crippen LogP contribution in [-0.2, 0) is 0 Å². The van der Waals surface area contributed by atoms with Gasteiger partial charge in [0, 0.05) is 17.5 Å². The molecule has 0 fully saturated rings.